The summed E-state index contributed by atoms with van der Waals surface area (Å²) < 4.78 is 63.0. The number of nitrogens with one attached hydrogen (secondary N) is 1. The molecular weight excluding hydrogens is 664 g/mol. The van der Waals surface area contributed by atoms with Gasteiger partial charge in [0.2, 0.25) is 11.9 Å². The van der Waals surface area contributed by atoms with E-state index in [2.05, 4.69) is 38.1 Å². The number of rotatable bonds is 8. The van der Waals surface area contributed by atoms with Crippen LogP contribution in [0.15, 0.2) is 37.6 Å². The number of halogens is 4. The average Bonchev–Trinajstić information content (AvgIpc) is 3.78. The molecule has 0 saturated carbocycles. The average molecular weight is 705 g/mol. The maximum atomic E-state index is 15.4. The Morgan fingerprint density at radius 1 is 1.04 bits per heavy atom. The summed E-state index contributed by atoms with van der Waals surface area (Å²) in [6, 6.07) is 3.51. The highest BCUT2D eigenvalue weighted by atomic mass is 19.4. The summed E-state index contributed by atoms with van der Waals surface area (Å²) in [6.45, 7) is 13.8. The molecule has 0 unspecified atom stereocenters. The number of ether oxygens (including phenoxy) is 1. The van der Waals surface area contributed by atoms with Crippen LogP contribution in [0.5, 0.6) is 5.75 Å². The highest BCUT2D eigenvalue weighted by molar-refractivity contribution is 6.07. The number of alkyl halides is 3. The van der Waals surface area contributed by atoms with E-state index in [1.54, 1.807) is 17.9 Å². The van der Waals surface area contributed by atoms with Gasteiger partial charge in [0.1, 0.15) is 17.2 Å². The van der Waals surface area contributed by atoms with Gasteiger partial charge in [-0.15, -0.1) is 0 Å². The van der Waals surface area contributed by atoms with Crippen LogP contribution >= 0.6 is 0 Å². The number of aromatic nitrogens is 4. The number of carbonyl (C=O) groups excluding carboxylic acids is 1. The Balaban J connectivity index is 1.28. The van der Waals surface area contributed by atoms with Crippen LogP contribution in [0.3, 0.4) is 0 Å². The highest BCUT2D eigenvalue weighted by Crippen LogP contribution is 2.48. The molecule has 51 heavy (non-hydrogen) atoms. The van der Waals surface area contributed by atoms with Crippen molar-refractivity contribution in [2.45, 2.75) is 44.8 Å². The number of hydrogen-bond acceptors (Lipinski definition) is 8. The molecule has 4 aliphatic heterocycles. The number of carbonyl (C=O) groups is 1. The molecule has 1 amide bonds. The SMILES string of the molecule is C=CC(=O)N1CC2(CCN(c3nc(N4CC(N5CCCC5)C4)nc4c(OCC(F)(F)F)c(-c5c(C)c(F)cc6[nH]ncc56)c(C=C)cc34)CC2)C1. The fraction of sp³-hybridized carbons (Fsp3) is 0.459. The van der Waals surface area contributed by atoms with E-state index in [4.69, 9.17) is 14.7 Å². The zero-order valence-corrected chi connectivity index (χ0v) is 28.5. The first-order valence-corrected chi connectivity index (χ1v) is 17.5. The first-order valence-electron chi connectivity index (χ1n) is 17.5. The van der Waals surface area contributed by atoms with Gasteiger partial charge in [0.05, 0.1) is 11.7 Å². The minimum Gasteiger partial charge on any atom is -0.481 e. The summed E-state index contributed by atoms with van der Waals surface area (Å²) in [5, 5.41) is 7.95. The molecular formula is C37H40F4N8O2. The molecule has 0 radical (unpaired) electrons. The summed E-state index contributed by atoms with van der Waals surface area (Å²) >= 11 is 0. The molecule has 4 fully saturated rings. The van der Waals surface area contributed by atoms with E-state index in [0.717, 1.165) is 25.9 Å². The van der Waals surface area contributed by atoms with Crippen LogP contribution in [0.2, 0.25) is 0 Å². The second-order valence-corrected chi connectivity index (χ2v) is 14.4. The number of aromatic amines is 1. The van der Waals surface area contributed by atoms with E-state index in [0.29, 0.717) is 84.5 Å². The van der Waals surface area contributed by atoms with Crippen LogP contribution in [-0.4, -0.2) is 107 Å². The Morgan fingerprint density at radius 2 is 1.76 bits per heavy atom. The molecule has 1 N–H and O–H groups in total. The second kappa shape index (κ2) is 12.5. The van der Waals surface area contributed by atoms with E-state index in [1.807, 2.05) is 6.07 Å². The van der Waals surface area contributed by atoms with Gasteiger partial charge in [-0.1, -0.05) is 19.2 Å². The van der Waals surface area contributed by atoms with E-state index < -0.39 is 18.6 Å². The monoisotopic (exact) mass is 704 g/mol. The number of nitrogens with zero attached hydrogens (tertiary/aromatic N) is 7. The van der Waals surface area contributed by atoms with Crippen molar-refractivity contribution < 1.29 is 27.1 Å². The minimum absolute atomic E-state index is 0.00651. The lowest BCUT2D eigenvalue weighted by Gasteiger charge is -2.54. The van der Waals surface area contributed by atoms with Gasteiger partial charge in [0.15, 0.2) is 12.4 Å². The van der Waals surface area contributed by atoms with Crippen molar-refractivity contribution in [2.24, 2.45) is 5.41 Å². The Hall–Kier alpha value is -4.72. The molecule has 2 aromatic heterocycles. The predicted octanol–water partition coefficient (Wildman–Crippen LogP) is 6.10. The molecule has 14 heteroatoms. The Bertz CT molecular complexity index is 2030. The van der Waals surface area contributed by atoms with Gasteiger partial charge in [0.25, 0.3) is 0 Å². The lowest BCUT2D eigenvalue weighted by Crippen LogP contribution is -2.61. The molecule has 8 rings (SSSR count). The number of piperidine rings is 1. The lowest BCUT2D eigenvalue weighted by atomic mass is 9.72. The van der Waals surface area contributed by atoms with Crippen molar-refractivity contribution in [1.29, 1.82) is 0 Å². The normalized spacial score (nSPS) is 19.5. The van der Waals surface area contributed by atoms with Crippen LogP contribution in [0.1, 0.15) is 36.8 Å². The van der Waals surface area contributed by atoms with Crippen molar-refractivity contribution in [3.05, 3.63) is 54.5 Å². The summed E-state index contributed by atoms with van der Waals surface area (Å²) in [4.78, 5) is 30.8. The Morgan fingerprint density at radius 3 is 2.43 bits per heavy atom. The van der Waals surface area contributed by atoms with Crippen molar-refractivity contribution in [3.8, 4) is 16.9 Å². The predicted molar refractivity (Wildman–Crippen MR) is 188 cm³/mol. The molecule has 4 saturated heterocycles. The molecule has 268 valence electrons. The number of anilines is 2. The van der Waals surface area contributed by atoms with Crippen LogP contribution < -0.4 is 14.5 Å². The maximum Gasteiger partial charge on any atom is 0.422 e. The number of benzene rings is 2. The van der Waals surface area contributed by atoms with Crippen molar-refractivity contribution >= 4 is 45.6 Å². The largest absolute Gasteiger partial charge is 0.481 e. The number of H-pyrrole nitrogens is 1. The fourth-order valence-electron chi connectivity index (χ4n) is 8.32. The van der Waals surface area contributed by atoms with Gasteiger partial charge >= 0.3 is 6.18 Å². The van der Waals surface area contributed by atoms with Crippen LogP contribution in [-0.2, 0) is 4.79 Å². The number of hydrogen-bond donors (Lipinski definition) is 1. The van der Waals surface area contributed by atoms with Gasteiger partial charge < -0.3 is 19.4 Å². The number of amides is 1. The molecule has 1 spiro atoms. The second-order valence-electron chi connectivity index (χ2n) is 14.4. The van der Waals surface area contributed by atoms with Gasteiger partial charge in [-0.3, -0.25) is 14.8 Å². The lowest BCUT2D eigenvalue weighted by molar-refractivity contribution is -0.153. The smallest absolute Gasteiger partial charge is 0.422 e. The van der Waals surface area contributed by atoms with Gasteiger partial charge in [-0.25, -0.2) is 9.37 Å². The molecule has 0 bridgehead atoms. The van der Waals surface area contributed by atoms with Crippen molar-refractivity contribution in [1.82, 2.24) is 30.0 Å². The summed E-state index contributed by atoms with van der Waals surface area (Å²) in [5.74, 6) is 0.296. The van der Waals surface area contributed by atoms with Crippen LogP contribution in [0, 0.1) is 18.2 Å². The summed E-state index contributed by atoms with van der Waals surface area (Å²) in [5.41, 5.74) is 1.93. The van der Waals surface area contributed by atoms with Gasteiger partial charge in [-0.05, 0) is 75.0 Å². The summed E-state index contributed by atoms with van der Waals surface area (Å²) in [6.07, 6.45) is 3.74. The topological polar surface area (TPSA) is 93.7 Å². The highest BCUT2D eigenvalue weighted by Gasteiger charge is 2.47. The van der Waals surface area contributed by atoms with Crippen molar-refractivity contribution in [2.75, 3.05) is 68.8 Å². The number of fused-ring (bicyclic) bond motifs is 2. The fourth-order valence-corrected chi connectivity index (χ4v) is 8.32. The third kappa shape index (κ3) is 5.86. The molecule has 6 heterocycles. The first-order chi connectivity index (χ1) is 24.5. The number of likely N-dealkylation sites (tertiary alicyclic amines) is 2. The van der Waals surface area contributed by atoms with Crippen molar-refractivity contribution in [3.63, 3.8) is 0 Å². The third-order valence-electron chi connectivity index (χ3n) is 11.2. The Kier molecular flexibility index (Phi) is 8.19. The van der Waals surface area contributed by atoms with E-state index in [9.17, 15) is 18.0 Å². The third-order valence-corrected chi connectivity index (χ3v) is 11.2. The van der Waals surface area contributed by atoms with E-state index in [-0.39, 0.29) is 33.7 Å². The van der Waals surface area contributed by atoms with Gasteiger partial charge in [-0.2, -0.15) is 23.3 Å². The molecule has 10 nitrogen and oxygen atoms in total. The summed E-state index contributed by atoms with van der Waals surface area (Å²) in [7, 11) is 0. The van der Waals surface area contributed by atoms with Crippen LogP contribution in [0.25, 0.3) is 39.0 Å². The minimum atomic E-state index is -4.65. The zero-order valence-electron chi connectivity index (χ0n) is 28.5. The molecule has 4 aromatic rings. The molecule has 0 atom stereocenters. The standard InChI is InChI=1S/C37H40F4N8O2/c1-4-23-14-25-32(33(51-21-37(39,40)41)31(23)30-22(3)27(38)15-28-26(30)16-42-45-28)43-35(48-17-24(18-48)46-10-6-7-11-46)44-34(25)47-12-8-36(9-13-47)19-49(20-36)29(50)5-2/h4-5,14-16,24H,1-2,6-13,17-21H2,3H3,(H,42,45). The Labute approximate surface area is 292 Å². The molecule has 4 aliphatic rings. The quantitative estimate of drug-likeness (QED) is 0.174. The first kappa shape index (κ1) is 33.4. The van der Waals surface area contributed by atoms with Crippen LogP contribution in [0.4, 0.5) is 29.3 Å². The van der Waals surface area contributed by atoms with Gasteiger partial charge in [0, 0.05) is 72.6 Å². The molecule has 2 aromatic carbocycles. The maximum absolute atomic E-state index is 15.4. The van der Waals surface area contributed by atoms with E-state index >= 15 is 4.39 Å². The molecule has 0 aliphatic carbocycles. The zero-order chi connectivity index (χ0) is 35.7. The van der Waals surface area contributed by atoms with E-state index in [1.165, 1.54) is 31.2 Å².